The van der Waals surface area contributed by atoms with Gasteiger partial charge in [0.05, 0.1) is 7.11 Å². The lowest BCUT2D eigenvalue weighted by Crippen LogP contribution is -2.03. The predicted octanol–water partition coefficient (Wildman–Crippen LogP) is 4.90. The molecule has 5 nitrogen and oxygen atoms in total. The molecule has 0 saturated carbocycles. The highest BCUT2D eigenvalue weighted by Crippen LogP contribution is 2.25. The average Bonchev–Trinajstić information content (AvgIpc) is 2.58. The Bertz CT molecular complexity index is 855. The molecular weight excluding hydrogens is 312 g/mol. The molecule has 0 fully saturated rings. The first-order valence-electron chi connectivity index (χ1n) is 8.15. The second-order valence-electron chi connectivity index (χ2n) is 5.93. The molecule has 25 heavy (non-hydrogen) atoms. The molecule has 0 radical (unpaired) electrons. The van der Waals surface area contributed by atoms with Gasteiger partial charge < -0.3 is 15.4 Å². The van der Waals surface area contributed by atoms with E-state index in [0.29, 0.717) is 5.82 Å². The third kappa shape index (κ3) is 4.07. The Balaban J connectivity index is 1.85. The van der Waals surface area contributed by atoms with Crippen molar-refractivity contribution >= 4 is 23.0 Å². The summed E-state index contributed by atoms with van der Waals surface area (Å²) in [6.45, 7) is 6.05. The molecule has 0 amide bonds. The number of hydrogen-bond donors (Lipinski definition) is 2. The predicted molar refractivity (Wildman–Crippen MR) is 102 cm³/mol. The molecule has 0 spiro atoms. The van der Waals surface area contributed by atoms with Crippen molar-refractivity contribution in [2.45, 2.75) is 20.8 Å². The number of nitrogens with one attached hydrogen (secondary N) is 2. The largest absolute Gasteiger partial charge is 0.497 e. The number of aromatic nitrogens is 2. The smallest absolute Gasteiger partial charge is 0.136 e. The van der Waals surface area contributed by atoms with Crippen LogP contribution in [0.3, 0.4) is 0 Å². The quantitative estimate of drug-likeness (QED) is 0.695. The zero-order valence-electron chi connectivity index (χ0n) is 14.9. The number of ether oxygens (including phenoxy) is 1. The molecule has 5 heteroatoms. The Labute approximate surface area is 148 Å². The van der Waals surface area contributed by atoms with Gasteiger partial charge in [0.15, 0.2) is 0 Å². The lowest BCUT2D eigenvalue weighted by molar-refractivity contribution is 0.415. The minimum absolute atomic E-state index is 0.701. The number of anilines is 4. The summed E-state index contributed by atoms with van der Waals surface area (Å²) < 4.78 is 5.18. The summed E-state index contributed by atoms with van der Waals surface area (Å²) in [6.07, 6.45) is 0. The summed E-state index contributed by atoms with van der Waals surface area (Å²) in [6, 6.07) is 15.9. The average molecular weight is 334 g/mol. The Morgan fingerprint density at radius 2 is 1.40 bits per heavy atom. The minimum Gasteiger partial charge on any atom is -0.497 e. The fourth-order valence-electron chi connectivity index (χ4n) is 2.66. The van der Waals surface area contributed by atoms with E-state index in [9.17, 15) is 0 Å². The molecule has 0 unspecified atom stereocenters. The van der Waals surface area contributed by atoms with Crippen LogP contribution in [0.15, 0.2) is 48.5 Å². The van der Waals surface area contributed by atoms with E-state index in [2.05, 4.69) is 52.6 Å². The molecule has 2 N–H and O–H groups in total. The Hall–Kier alpha value is -3.08. The second-order valence-corrected chi connectivity index (χ2v) is 5.93. The van der Waals surface area contributed by atoms with E-state index >= 15 is 0 Å². The number of rotatable bonds is 5. The normalized spacial score (nSPS) is 10.4. The van der Waals surface area contributed by atoms with Gasteiger partial charge >= 0.3 is 0 Å². The topological polar surface area (TPSA) is 59.1 Å². The molecular formula is C20H22N4O. The molecule has 0 bridgehead atoms. The van der Waals surface area contributed by atoms with Crippen molar-refractivity contribution in [3.63, 3.8) is 0 Å². The third-order valence-corrected chi connectivity index (χ3v) is 3.93. The summed E-state index contributed by atoms with van der Waals surface area (Å²) in [5, 5.41) is 6.72. The first-order chi connectivity index (χ1) is 12.0. The molecule has 0 aliphatic heterocycles. The van der Waals surface area contributed by atoms with Crippen LogP contribution in [0.5, 0.6) is 5.75 Å². The van der Waals surface area contributed by atoms with E-state index < -0.39 is 0 Å². The van der Waals surface area contributed by atoms with Crippen LogP contribution in [-0.2, 0) is 0 Å². The molecule has 0 atom stereocenters. The van der Waals surface area contributed by atoms with Gasteiger partial charge in [0.25, 0.3) is 0 Å². The van der Waals surface area contributed by atoms with Gasteiger partial charge in [-0.1, -0.05) is 18.2 Å². The van der Waals surface area contributed by atoms with Gasteiger partial charge in [0.2, 0.25) is 0 Å². The minimum atomic E-state index is 0.701. The van der Waals surface area contributed by atoms with E-state index in [4.69, 9.17) is 4.74 Å². The molecule has 0 saturated heterocycles. The highest BCUT2D eigenvalue weighted by molar-refractivity contribution is 5.67. The van der Waals surface area contributed by atoms with Crippen molar-refractivity contribution in [2.24, 2.45) is 0 Å². The van der Waals surface area contributed by atoms with E-state index in [1.54, 1.807) is 7.11 Å². The molecule has 1 aromatic heterocycles. The van der Waals surface area contributed by atoms with Gasteiger partial charge in [-0.25, -0.2) is 9.97 Å². The van der Waals surface area contributed by atoms with Gasteiger partial charge in [-0.3, -0.25) is 0 Å². The summed E-state index contributed by atoms with van der Waals surface area (Å²) in [5.41, 5.74) is 4.38. The zero-order chi connectivity index (χ0) is 17.8. The Morgan fingerprint density at radius 1 is 0.800 bits per heavy atom. The molecule has 3 rings (SSSR count). The van der Waals surface area contributed by atoms with Crippen molar-refractivity contribution < 1.29 is 4.74 Å². The number of aryl methyl sites for hydroxylation is 3. The standard InChI is InChI=1S/C20H22N4O/c1-13-6-5-7-14(2)20(13)24-19-12-18(21-15(3)22-19)23-16-8-10-17(25-4)11-9-16/h5-12H,1-4H3,(H2,21,22,23,24). The van der Waals surface area contributed by atoms with Gasteiger partial charge in [-0.2, -0.15) is 0 Å². The lowest BCUT2D eigenvalue weighted by Gasteiger charge is -2.14. The van der Waals surface area contributed by atoms with E-state index in [1.807, 2.05) is 37.3 Å². The highest BCUT2D eigenvalue weighted by atomic mass is 16.5. The number of methoxy groups -OCH3 is 1. The molecule has 128 valence electrons. The van der Waals surface area contributed by atoms with E-state index in [0.717, 1.165) is 28.8 Å². The van der Waals surface area contributed by atoms with Crippen LogP contribution in [0.25, 0.3) is 0 Å². The number of hydrogen-bond acceptors (Lipinski definition) is 5. The first kappa shape index (κ1) is 16.8. The fraction of sp³-hybridized carbons (Fsp3) is 0.200. The highest BCUT2D eigenvalue weighted by Gasteiger charge is 2.07. The SMILES string of the molecule is COc1ccc(Nc2cc(Nc3c(C)cccc3C)nc(C)n2)cc1. The maximum atomic E-state index is 5.18. The summed E-state index contributed by atoms with van der Waals surface area (Å²) in [5.74, 6) is 3.03. The van der Waals surface area contributed by atoms with Crippen LogP contribution in [0.4, 0.5) is 23.0 Å². The lowest BCUT2D eigenvalue weighted by atomic mass is 10.1. The fourth-order valence-corrected chi connectivity index (χ4v) is 2.66. The van der Waals surface area contributed by atoms with Gasteiger partial charge in [-0.15, -0.1) is 0 Å². The monoisotopic (exact) mass is 334 g/mol. The van der Waals surface area contributed by atoms with Gasteiger partial charge in [-0.05, 0) is 56.2 Å². The number of para-hydroxylation sites is 1. The van der Waals surface area contributed by atoms with Gasteiger partial charge in [0, 0.05) is 17.4 Å². The van der Waals surface area contributed by atoms with E-state index in [1.165, 1.54) is 11.1 Å². The third-order valence-electron chi connectivity index (χ3n) is 3.93. The van der Waals surface area contributed by atoms with Gasteiger partial charge in [0.1, 0.15) is 23.2 Å². The van der Waals surface area contributed by atoms with Crippen molar-refractivity contribution in [2.75, 3.05) is 17.7 Å². The van der Waals surface area contributed by atoms with Crippen LogP contribution in [-0.4, -0.2) is 17.1 Å². The number of benzene rings is 2. The van der Waals surface area contributed by atoms with Crippen LogP contribution < -0.4 is 15.4 Å². The molecule has 0 aliphatic carbocycles. The Kier molecular flexibility index (Phi) is 4.84. The molecule has 0 aliphatic rings. The maximum absolute atomic E-state index is 5.18. The van der Waals surface area contributed by atoms with E-state index in [-0.39, 0.29) is 0 Å². The molecule has 3 aromatic rings. The van der Waals surface area contributed by atoms with Crippen LogP contribution in [0, 0.1) is 20.8 Å². The van der Waals surface area contributed by atoms with Crippen molar-refractivity contribution in [3.05, 3.63) is 65.5 Å². The van der Waals surface area contributed by atoms with Crippen LogP contribution >= 0.6 is 0 Å². The molecule has 1 heterocycles. The van der Waals surface area contributed by atoms with Crippen molar-refractivity contribution in [1.29, 1.82) is 0 Å². The zero-order valence-corrected chi connectivity index (χ0v) is 14.9. The van der Waals surface area contributed by atoms with Crippen LogP contribution in [0.2, 0.25) is 0 Å². The van der Waals surface area contributed by atoms with Crippen molar-refractivity contribution in [1.82, 2.24) is 9.97 Å². The molecule has 2 aromatic carbocycles. The van der Waals surface area contributed by atoms with Crippen molar-refractivity contribution in [3.8, 4) is 5.75 Å². The second kappa shape index (κ2) is 7.21. The summed E-state index contributed by atoms with van der Waals surface area (Å²) in [4.78, 5) is 8.96. The maximum Gasteiger partial charge on any atom is 0.136 e. The first-order valence-corrected chi connectivity index (χ1v) is 8.15. The summed E-state index contributed by atoms with van der Waals surface area (Å²) >= 11 is 0. The van der Waals surface area contributed by atoms with Crippen LogP contribution in [0.1, 0.15) is 17.0 Å². The number of nitrogens with zero attached hydrogens (tertiary/aromatic N) is 2. The summed E-state index contributed by atoms with van der Waals surface area (Å²) in [7, 11) is 1.65. The Morgan fingerprint density at radius 3 is 2.00 bits per heavy atom.